The van der Waals surface area contributed by atoms with Gasteiger partial charge in [0.25, 0.3) is 0 Å². The molecule has 0 fully saturated rings. The van der Waals surface area contributed by atoms with E-state index >= 15 is 0 Å². The van der Waals surface area contributed by atoms with E-state index in [1.807, 2.05) is 24.3 Å². The van der Waals surface area contributed by atoms with Gasteiger partial charge in [-0.15, -0.1) is 0 Å². The van der Waals surface area contributed by atoms with Gasteiger partial charge in [0.15, 0.2) is 5.58 Å². The summed E-state index contributed by atoms with van der Waals surface area (Å²) in [7, 11) is 1.60. The molecule has 0 radical (unpaired) electrons. The first-order valence-corrected chi connectivity index (χ1v) is 7.15. The predicted molar refractivity (Wildman–Crippen MR) is 85.3 cm³/mol. The van der Waals surface area contributed by atoms with E-state index < -0.39 is 5.76 Å². The maximum atomic E-state index is 12.1. The smallest absolute Gasteiger partial charge is 0.420 e. The average Bonchev–Trinajstić information content (AvgIpc) is 2.89. The minimum Gasteiger partial charge on any atom is -0.497 e. The quantitative estimate of drug-likeness (QED) is 0.781. The summed E-state index contributed by atoms with van der Waals surface area (Å²) in [4.78, 5) is 23.9. The number of rotatable bonds is 5. The lowest BCUT2D eigenvalue weighted by Crippen LogP contribution is -2.30. The number of aromatic nitrogens is 1. The van der Waals surface area contributed by atoms with Gasteiger partial charge in [0.2, 0.25) is 5.91 Å². The molecule has 0 bridgehead atoms. The topological polar surface area (TPSA) is 73.5 Å². The van der Waals surface area contributed by atoms with Crippen LogP contribution in [0.3, 0.4) is 0 Å². The third-order valence-electron chi connectivity index (χ3n) is 3.52. The summed E-state index contributed by atoms with van der Waals surface area (Å²) in [6, 6.07) is 14.4. The summed E-state index contributed by atoms with van der Waals surface area (Å²) in [5.41, 5.74) is 2.03. The van der Waals surface area contributed by atoms with Crippen LogP contribution in [0.25, 0.3) is 11.1 Å². The molecule has 6 heteroatoms. The van der Waals surface area contributed by atoms with E-state index in [0.717, 1.165) is 11.3 Å². The Labute approximate surface area is 132 Å². The van der Waals surface area contributed by atoms with E-state index in [9.17, 15) is 9.59 Å². The molecule has 1 amide bonds. The highest BCUT2D eigenvalue weighted by Gasteiger charge is 2.11. The maximum Gasteiger partial charge on any atom is 0.420 e. The molecule has 2 aromatic carbocycles. The zero-order valence-electron chi connectivity index (χ0n) is 12.6. The average molecular weight is 312 g/mol. The fourth-order valence-electron chi connectivity index (χ4n) is 2.31. The first-order valence-electron chi connectivity index (χ1n) is 7.15. The molecule has 0 spiro atoms. The van der Waals surface area contributed by atoms with Crippen molar-refractivity contribution in [3.8, 4) is 5.75 Å². The molecule has 1 aromatic heterocycles. The minimum absolute atomic E-state index is 0.0774. The lowest BCUT2D eigenvalue weighted by Gasteiger charge is -2.07. The molecule has 0 atom stereocenters. The highest BCUT2D eigenvalue weighted by atomic mass is 16.5. The van der Waals surface area contributed by atoms with Crippen molar-refractivity contribution >= 4 is 17.0 Å². The molecule has 1 N–H and O–H groups in total. The van der Waals surface area contributed by atoms with Crippen LogP contribution in [0.2, 0.25) is 0 Å². The van der Waals surface area contributed by atoms with Gasteiger partial charge < -0.3 is 14.5 Å². The van der Waals surface area contributed by atoms with Gasteiger partial charge in [-0.2, -0.15) is 0 Å². The summed E-state index contributed by atoms with van der Waals surface area (Å²) in [5, 5.41) is 2.79. The Kier molecular flexibility index (Phi) is 4.14. The molecule has 0 aliphatic carbocycles. The molecular weight excluding hydrogens is 296 g/mol. The third-order valence-corrected chi connectivity index (χ3v) is 3.52. The van der Waals surface area contributed by atoms with Crippen LogP contribution in [-0.2, 0) is 17.9 Å². The van der Waals surface area contributed by atoms with Crippen LogP contribution in [0.15, 0.2) is 57.7 Å². The summed E-state index contributed by atoms with van der Waals surface area (Å²) in [6.07, 6.45) is 0. The minimum atomic E-state index is -0.536. The number of hydrogen-bond acceptors (Lipinski definition) is 4. The lowest BCUT2D eigenvalue weighted by atomic mass is 10.2. The Balaban J connectivity index is 1.66. The highest BCUT2D eigenvalue weighted by molar-refractivity contribution is 5.79. The Hall–Kier alpha value is -3.02. The summed E-state index contributed by atoms with van der Waals surface area (Å²) in [6.45, 7) is 0.305. The zero-order valence-corrected chi connectivity index (χ0v) is 12.6. The number of nitrogens with one attached hydrogen (secondary N) is 1. The predicted octanol–water partition coefficient (Wildman–Crippen LogP) is 1.92. The van der Waals surface area contributed by atoms with E-state index in [-0.39, 0.29) is 12.5 Å². The molecule has 3 aromatic rings. The molecule has 0 aliphatic rings. The fraction of sp³-hybridized carbons (Fsp3) is 0.176. The van der Waals surface area contributed by atoms with E-state index in [2.05, 4.69) is 5.32 Å². The van der Waals surface area contributed by atoms with Crippen molar-refractivity contribution in [2.45, 2.75) is 13.1 Å². The Morgan fingerprint density at radius 2 is 1.91 bits per heavy atom. The van der Waals surface area contributed by atoms with Crippen LogP contribution in [0, 0.1) is 0 Å². The SMILES string of the molecule is COc1ccc(CNC(=O)Cn2c(=O)oc3ccccc32)cc1. The number of nitrogens with zero attached hydrogens (tertiary/aromatic N) is 1. The number of benzene rings is 2. The van der Waals surface area contributed by atoms with E-state index in [1.54, 1.807) is 31.4 Å². The number of para-hydroxylation sites is 2. The molecule has 0 saturated carbocycles. The largest absolute Gasteiger partial charge is 0.497 e. The number of ether oxygens (including phenoxy) is 1. The number of hydrogen-bond donors (Lipinski definition) is 1. The number of methoxy groups -OCH3 is 1. The Bertz CT molecular complexity index is 877. The molecule has 0 aliphatic heterocycles. The monoisotopic (exact) mass is 312 g/mol. The zero-order chi connectivity index (χ0) is 16.2. The first-order chi connectivity index (χ1) is 11.2. The molecule has 3 rings (SSSR count). The van der Waals surface area contributed by atoms with Gasteiger partial charge in [-0.05, 0) is 29.8 Å². The lowest BCUT2D eigenvalue weighted by molar-refractivity contribution is -0.121. The highest BCUT2D eigenvalue weighted by Crippen LogP contribution is 2.12. The van der Waals surface area contributed by atoms with Gasteiger partial charge >= 0.3 is 5.76 Å². The van der Waals surface area contributed by atoms with E-state index in [4.69, 9.17) is 9.15 Å². The molecule has 1 heterocycles. The van der Waals surface area contributed by atoms with Crippen LogP contribution in [0.5, 0.6) is 5.75 Å². The molecule has 118 valence electrons. The summed E-state index contributed by atoms with van der Waals surface area (Å²) >= 11 is 0. The maximum absolute atomic E-state index is 12.1. The second-order valence-electron chi connectivity index (χ2n) is 5.05. The van der Waals surface area contributed by atoms with Gasteiger partial charge in [0.05, 0.1) is 12.6 Å². The molecular formula is C17H16N2O4. The second kappa shape index (κ2) is 6.39. The van der Waals surface area contributed by atoms with E-state index in [1.165, 1.54) is 4.57 Å². The number of fused-ring (bicyclic) bond motifs is 1. The summed E-state index contributed by atoms with van der Waals surface area (Å²) in [5.74, 6) is -0.0308. The van der Waals surface area contributed by atoms with Crippen LogP contribution in [0.4, 0.5) is 0 Å². The normalized spacial score (nSPS) is 10.7. The van der Waals surface area contributed by atoms with Gasteiger partial charge in [-0.1, -0.05) is 24.3 Å². The van der Waals surface area contributed by atoms with Crippen LogP contribution in [0.1, 0.15) is 5.56 Å². The van der Waals surface area contributed by atoms with Crippen LogP contribution in [-0.4, -0.2) is 17.6 Å². The fourth-order valence-corrected chi connectivity index (χ4v) is 2.31. The van der Waals surface area contributed by atoms with Crippen molar-refractivity contribution in [1.82, 2.24) is 9.88 Å². The Morgan fingerprint density at radius 3 is 2.65 bits per heavy atom. The summed E-state index contributed by atoms with van der Waals surface area (Å²) < 4.78 is 11.5. The van der Waals surface area contributed by atoms with Crippen LogP contribution < -0.4 is 15.8 Å². The van der Waals surface area contributed by atoms with Crippen molar-refractivity contribution in [2.24, 2.45) is 0 Å². The third kappa shape index (κ3) is 3.26. The van der Waals surface area contributed by atoms with Crippen molar-refractivity contribution in [3.05, 3.63) is 64.6 Å². The second-order valence-corrected chi connectivity index (χ2v) is 5.05. The molecule has 0 saturated heterocycles. The van der Waals surface area contributed by atoms with Crippen molar-refractivity contribution in [3.63, 3.8) is 0 Å². The number of amides is 1. The molecule has 0 unspecified atom stereocenters. The van der Waals surface area contributed by atoms with Gasteiger partial charge in [-0.3, -0.25) is 9.36 Å². The number of carbonyl (C=O) groups excluding carboxylic acids is 1. The van der Waals surface area contributed by atoms with Gasteiger partial charge in [-0.25, -0.2) is 4.79 Å². The van der Waals surface area contributed by atoms with Crippen molar-refractivity contribution in [2.75, 3.05) is 7.11 Å². The molecule has 23 heavy (non-hydrogen) atoms. The molecule has 6 nitrogen and oxygen atoms in total. The van der Waals surface area contributed by atoms with E-state index in [0.29, 0.717) is 17.6 Å². The van der Waals surface area contributed by atoms with Crippen molar-refractivity contribution in [1.29, 1.82) is 0 Å². The Morgan fingerprint density at radius 1 is 1.17 bits per heavy atom. The standard InChI is InChI=1S/C17H16N2O4/c1-22-13-8-6-12(7-9-13)10-18-16(20)11-19-14-4-2-3-5-15(14)23-17(19)21/h2-9H,10-11H2,1H3,(H,18,20). The number of oxazole rings is 1. The number of carbonyl (C=O) groups is 1. The first kappa shape index (κ1) is 14.9. The van der Waals surface area contributed by atoms with Crippen LogP contribution >= 0.6 is 0 Å². The van der Waals surface area contributed by atoms with Crippen molar-refractivity contribution < 1.29 is 13.9 Å². The van der Waals surface area contributed by atoms with Gasteiger partial charge in [0.1, 0.15) is 12.3 Å². The van der Waals surface area contributed by atoms with Gasteiger partial charge in [0, 0.05) is 6.54 Å².